The van der Waals surface area contributed by atoms with E-state index in [1.165, 1.54) is 11.8 Å². The van der Waals surface area contributed by atoms with Crippen LogP contribution >= 0.6 is 0 Å². The normalized spacial score (nSPS) is 14.2. The molecule has 0 aromatic heterocycles. The minimum Gasteiger partial charge on any atom is -0.463 e. The number of ether oxygens (including phenoxy) is 1. The number of rotatable bonds is 5. The van der Waals surface area contributed by atoms with Crippen LogP contribution in [0.3, 0.4) is 0 Å². The number of esters is 1. The summed E-state index contributed by atoms with van der Waals surface area (Å²) in [5.41, 5.74) is 2.78. The highest BCUT2D eigenvalue weighted by atomic mass is 16.5. The smallest absolute Gasteiger partial charge is 0.330 e. The van der Waals surface area contributed by atoms with Gasteiger partial charge in [0.1, 0.15) is 0 Å². The number of anilines is 2. The SMILES string of the molecule is CCOC(=O)/C=C/c1ccc(NC(=O)N2CCN(c3ccccc3)CC2)cc1. The average Bonchev–Trinajstić information content (AvgIpc) is 2.74. The second kappa shape index (κ2) is 9.60. The molecular weight excluding hydrogens is 354 g/mol. The number of para-hydroxylation sites is 1. The van der Waals surface area contributed by atoms with Gasteiger partial charge in [-0.3, -0.25) is 0 Å². The fourth-order valence-corrected chi connectivity index (χ4v) is 3.04. The van der Waals surface area contributed by atoms with Crippen molar-refractivity contribution in [1.29, 1.82) is 0 Å². The number of amides is 2. The molecule has 0 aliphatic carbocycles. The van der Waals surface area contributed by atoms with Crippen LogP contribution in [0.4, 0.5) is 16.2 Å². The van der Waals surface area contributed by atoms with Gasteiger partial charge in [-0.25, -0.2) is 9.59 Å². The van der Waals surface area contributed by atoms with Crippen LogP contribution < -0.4 is 10.2 Å². The lowest BCUT2D eigenvalue weighted by molar-refractivity contribution is -0.137. The molecule has 6 nitrogen and oxygen atoms in total. The topological polar surface area (TPSA) is 61.9 Å². The van der Waals surface area contributed by atoms with E-state index < -0.39 is 0 Å². The Kier molecular flexibility index (Phi) is 6.68. The molecular formula is C22H25N3O3. The number of benzene rings is 2. The molecule has 0 saturated carbocycles. The van der Waals surface area contributed by atoms with E-state index in [0.29, 0.717) is 19.7 Å². The number of hydrogen-bond acceptors (Lipinski definition) is 4. The summed E-state index contributed by atoms with van der Waals surface area (Å²) in [6.07, 6.45) is 3.08. The van der Waals surface area contributed by atoms with E-state index in [-0.39, 0.29) is 12.0 Å². The van der Waals surface area contributed by atoms with Crippen LogP contribution in [-0.2, 0) is 9.53 Å². The number of piperazine rings is 1. The first-order chi connectivity index (χ1) is 13.7. The first kappa shape index (κ1) is 19.5. The molecule has 28 heavy (non-hydrogen) atoms. The summed E-state index contributed by atoms with van der Waals surface area (Å²) in [6.45, 7) is 5.12. The van der Waals surface area contributed by atoms with E-state index in [4.69, 9.17) is 4.74 Å². The number of carbonyl (C=O) groups excluding carboxylic acids is 2. The first-order valence-corrected chi connectivity index (χ1v) is 9.46. The Labute approximate surface area is 165 Å². The lowest BCUT2D eigenvalue weighted by Crippen LogP contribution is -2.50. The summed E-state index contributed by atoms with van der Waals surface area (Å²) in [5.74, 6) is -0.366. The molecule has 146 valence electrons. The summed E-state index contributed by atoms with van der Waals surface area (Å²) >= 11 is 0. The molecule has 0 radical (unpaired) electrons. The van der Waals surface area contributed by atoms with Crippen molar-refractivity contribution in [3.05, 3.63) is 66.2 Å². The maximum atomic E-state index is 12.5. The summed E-state index contributed by atoms with van der Waals surface area (Å²) < 4.78 is 4.85. The Hall–Kier alpha value is -3.28. The summed E-state index contributed by atoms with van der Waals surface area (Å²) in [6, 6.07) is 17.5. The Morgan fingerprint density at radius 2 is 1.68 bits per heavy atom. The van der Waals surface area contributed by atoms with E-state index in [1.807, 2.05) is 47.4 Å². The molecule has 3 rings (SSSR count). The third kappa shape index (κ3) is 5.36. The summed E-state index contributed by atoms with van der Waals surface area (Å²) in [5, 5.41) is 2.93. The van der Waals surface area contributed by atoms with Gasteiger partial charge in [-0.2, -0.15) is 0 Å². The molecule has 1 aliphatic rings. The Bertz CT molecular complexity index is 811. The highest BCUT2D eigenvalue weighted by Crippen LogP contribution is 2.17. The van der Waals surface area contributed by atoms with Crippen molar-refractivity contribution in [1.82, 2.24) is 4.90 Å². The maximum Gasteiger partial charge on any atom is 0.330 e. The van der Waals surface area contributed by atoms with Gasteiger partial charge in [-0.1, -0.05) is 30.3 Å². The standard InChI is InChI=1S/C22H25N3O3/c1-2-28-21(26)13-10-18-8-11-19(12-9-18)23-22(27)25-16-14-24(15-17-25)20-6-4-3-5-7-20/h3-13H,2,14-17H2,1H3,(H,23,27)/b13-10+. The van der Waals surface area contributed by atoms with Crippen LogP contribution in [-0.4, -0.2) is 49.7 Å². The van der Waals surface area contributed by atoms with Gasteiger partial charge >= 0.3 is 12.0 Å². The average molecular weight is 379 g/mol. The minimum absolute atomic E-state index is 0.0949. The minimum atomic E-state index is -0.366. The molecule has 0 bridgehead atoms. The van der Waals surface area contributed by atoms with Crippen molar-refractivity contribution in [3.63, 3.8) is 0 Å². The molecule has 0 spiro atoms. The molecule has 2 aromatic rings. The number of nitrogens with one attached hydrogen (secondary N) is 1. The van der Waals surface area contributed by atoms with Crippen LogP contribution in [0.2, 0.25) is 0 Å². The van der Waals surface area contributed by atoms with Crippen molar-refractivity contribution in [2.24, 2.45) is 0 Å². The molecule has 1 N–H and O–H groups in total. The number of carbonyl (C=O) groups is 2. The van der Waals surface area contributed by atoms with Gasteiger partial charge in [0.15, 0.2) is 0 Å². The van der Waals surface area contributed by atoms with Crippen molar-refractivity contribution in [3.8, 4) is 0 Å². The van der Waals surface area contributed by atoms with E-state index in [1.54, 1.807) is 13.0 Å². The zero-order chi connectivity index (χ0) is 19.8. The number of nitrogens with zero attached hydrogens (tertiary/aromatic N) is 2. The molecule has 1 aliphatic heterocycles. The predicted molar refractivity (Wildman–Crippen MR) is 111 cm³/mol. The van der Waals surface area contributed by atoms with Crippen molar-refractivity contribution >= 4 is 29.5 Å². The molecule has 1 heterocycles. The van der Waals surface area contributed by atoms with Crippen LogP contribution in [0.1, 0.15) is 12.5 Å². The second-order valence-corrected chi connectivity index (χ2v) is 6.45. The molecule has 6 heteroatoms. The van der Waals surface area contributed by atoms with Crippen molar-refractivity contribution in [2.75, 3.05) is 43.0 Å². The quantitative estimate of drug-likeness (QED) is 0.637. The third-order valence-corrected chi connectivity index (χ3v) is 4.55. The summed E-state index contributed by atoms with van der Waals surface area (Å²) in [4.78, 5) is 28.0. The highest BCUT2D eigenvalue weighted by Gasteiger charge is 2.21. The van der Waals surface area contributed by atoms with Gasteiger partial charge in [0.25, 0.3) is 0 Å². The number of hydrogen-bond donors (Lipinski definition) is 1. The molecule has 1 fully saturated rings. The molecule has 2 amide bonds. The molecule has 0 unspecified atom stereocenters. The van der Waals surface area contributed by atoms with Gasteiger partial charge < -0.3 is 19.9 Å². The molecule has 2 aromatic carbocycles. The molecule has 1 saturated heterocycles. The Balaban J connectivity index is 1.49. The first-order valence-electron chi connectivity index (χ1n) is 9.46. The van der Waals surface area contributed by atoms with E-state index in [9.17, 15) is 9.59 Å². The van der Waals surface area contributed by atoms with Gasteiger partial charge in [0.2, 0.25) is 0 Å². The van der Waals surface area contributed by atoms with Gasteiger partial charge in [0, 0.05) is 43.6 Å². The van der Waals surface area contributed by atoms with Gasteiger partial charge in [0.05, 0.1) is 6.61 Å². The van der Waals surface area contributed by atoms with E-state index in [0.717, 1.165) is 24.3 Å². The largest absolute Gasteiger partial charge is 0.463 e. The van der Waals surface area contributed by atoms with Gasteiger partial charge in [-0.15, -0.1) is 0 Å². The van der Waals surface area contributed by atoms with Crippen LogP contribution in [0.5, 0.6) is 0 Å². The zero-order valence-electron chi connectivity index (χ0n) is 16.0. The van der Waals surface area contributed by atoms with E-state index >= 15 is 0 Å². The van der Waals surface area contributed by atoms with E-state index in [2.05, 4.69) is 22.3 Å². The predicted octanol–water partition coefficient (Wildman–Crippen LogP) is 3.62. The fraction of sp³-hybridized carbons (Fsp3) is 0.273. The maximum absolute atomic E-state index is 12.5. The van der Waals surface area contributed by atoms with Crippen molar-refractivity contribution in [2.45, 2.75) is 6.92 Å². The zero-order valence-corrected chi connectivity index (χ0v) is 16.0. The summed E-state index contributed by atoms with van der Waals surface area (Å²) in [7, 11) is 0. The van der Waals surface area contributed by atoms with Crippen LogP contribution in [0.15, 0.2) is 60.7 Å². The second-order valence-electron chi connectivity index (χ2n) is 6.45. The lowest BCUT2D eigenvalue weighted by atomic mass is 10.2. The van der Waals surface area contributed by atoms with Crippen LogP contribution in [0, 0.1) is 0 Å². The number of urea groups is 1. The fourth-order valence-electron chi connectivity index (χ4n) is 3.04. The Morgan fingerprint density at radius 3 is 2.32 bits per heavy atom. The Morgan fingerprint density at radius 1 is 1.00 bits per heavy atom. The third-order valence-electron chi connectivity index (χ3n) is 4.55. The monoisotopic (exact) mass is 379 g/mol. The molecule has 0 atom stereocenters. The lowest BCUT2D eigenvalue weighted by Gasteiger charge is -2.36. The van der Waals surface area contributed by atoms with Gasteiger partial charge in [-0.05, 0) is 42.8 Å². The highest BCUT2D eigenvalue weighted by molar-refractivity contribution is 5.90. The van der Waals surface area contributed by atoms with Crippen molar-refractivity contribution < 1.29 is 14.3 Å². The van der Waals surface area contributed by atoms with Crippen LogP contribution in [0.25, 0.3) is 6.08 Å².